The molecule has 2 aromatic rings. The zero-order valence-electron chi connectivity index (χ0n) is 17.0. The molecule has 1 aromatic carbocycles. The van der Waals surface area contributed by atoms with Gasteiger partial charge in [0.15, 0.2) is 11.6 Å². The summed E-state index contributed by atoms with van der Waals surface area (Å²) in [5.41, 5.74) is 0.765. The summed E-state index contributed by atoms with van der Waals surface area (Å²) < 4.78 is 39.7. The van der Waals surface area contributed by atoms with Gasteiger partial charge in [-0.2, -0.15) is 0 Å². The number of nitrogens with one attached hydrogen (secondary N) is 2. The van der Waals surface area contributed by atoms with Crippen molar-refractivity contribution in [1.29, 1.82) is 0 Å². The second-order valence-corrected chi connectivity index (χ2v) is 9.66. The van der Waals surface area contributed by atoms with Gasteiger partial charge in [-0.3, -0.25) is 14.4 Å². The highest BCUT2D eigenvalue weighted by molar-refractivity contribution is 7.93. The minimum absolute atomic E-state index is 0.0772. The minimum atomic E-state index is -1.09. The Bertz CT molecular complexity index is 1110. The molecule has 10 heteroatoms. The van der Waals surface area contributed by atoms with Crippen LogP contribution in [0.3, 0.4) is 0 Å². The molecule has 2 N–H and O–H groups in total. The van der Waals surface area contributed by atoms with Gasteiger partial charge in [-0.15, -0.1) is 0 Å². The van der Waals surface area contributed by atoms with Crippen LogP contribution in [0, 0.1) is 18.6 Å². The van der Waals surface area contributed by atoms with Crippen LogP contribution in [0.1, 0.15) is 45.4 Å². The Morgan fingerprint density at radius 1 is 1.19 bits per heavy atom. The summed E-state index contributed by atoms with van der Waals surface area (Å²) in [4.78, 5) is 38.5. The number of ketones is 1. The second kappa shape index (κ2) is 7.76. The van der Waals surface area contributed by atoms with E-state index in [9.17, 15) is 27.7 Å². The number of hydrogen-bond acceptors (Lipinski definition) is 4. The maximum atomic E-state index is 13.5. The molecule has 4 rings (SSSR count). The number of Topliss-reactive ketones (excluding diaryl/α,β-unsaturated/α-hetero) is 1. The van der Waals surface area contributed by atoms with Crippen molar-refractivity contribution in [3.05, 3.63) is 52.3 Å². The fraction of sp³-hybridized carbons (Fsp3) is 0.381. The molecule has 0 radical (unpaired) electrons. The number of aromatic nitrogens is 1. The van der Waals surface area contributed by atoms with E-state index in [-0.39, 0.29) is 16.9 Å². The molecule has 31 heavy (non-hydrogen) atoms. The number of fused-ring (bicyclic) bond motifs is 1. The van der Waals surface area contributed by atoms with Crippen molar-refractivity contribution in [2.75, 3.05) is 16.8 Å². The first kappa shape index (κ1) is 21.5. The number of amides is 2. The van der Waals surface area contributed by atoms with Crippen LogP contribution in [0.4, 0.5) is 14.5 Å². The van der Waals surface area contributed by atoms with Gasteiger partial charge < -0.3 is 19.8 Å². The van der Waals surface area contributed by atoms with Crippen LogP contribution in [0.25, 0.3) is 0 Å². The lowest BCUT2D eigenvalue weighted by atomic mass is 10.0. The first-order valence-electron chi connectivity index (χ1n) is 9.80. The molecule has 0 aliphatic carbocycles. The van der Waals surface area contributed by atoms with Crippen LogP contribution >= 0.6 is 0 Å². The lowest BCUT2D eigenvalue weighted by Gasteiger charge is -2.39. The number of carbonyl (C=O) groups excluding carboxylic acids is 3. The van der Waals surface area contributed by atoms with Gasteiger partial charge in [0.1, 0.15) is 22.7 Å². The van der Waals surface area contributed by atoms with Crippen LogP contribution in [0.5, 0.6) is 0 Å². The molecule has 1 fully saturated rings. The molecule has 1 aromatic heterocycles. The van der Waals surface area contributed by atoms with E-state index in [0.717, 1.165) is 12.1 Å². The molecule has 3 heterocycles. The highest BCUT2D eigenvalue weighted by Gasteiger charge is 2.47. The molecule has 0 spiro atoms. The van der Waals surface area contributed by atoms with Gasteiger partial charge in [0.25, 0.3) is 17.6 Å². The van der Waals surface area contributed by atoms with Gasteiger partial charge in [-0.1, -0.05) is 0 Å². The smallest absolute Gasteiger partial charge is 0.293 e. The van der Waals surface area contributed by atoms with Crippen molar-refractivity contribution in [1.82, 2.24) is 9.88 Å². The molecule has 7 nitrogen and oxygen atoms in total. The Labute approximate surface area is 180 Å². The molecular formula is C21H21F2N3O4S. The Balaban J connectivity index is 1.61. The third-order valence-electron chi connectivity index (χ3n) is 5.61. The van der Waals surface area contributed by atoms with Crippen molar-refractivity contribution in [3.63, 3.8) is 0 Å². The number of benzene rings is 1. The molecule has 0 unspecified atom stereocenters. The second-order valence-electron chi connectivity index (χ2n) is 8.21. The Morgan fingerprint density at radius 3 is 2.55 bits per heavy atom. The van der Waals surface area contributed by atoms with E-state index >= 15 is 0 Å². The number of rotatable bonds is 5. The first-order chi connectivity index (χ1) is 14.6. The molecule has 1 saturated heterocycles. The van der Waals surface area contributed by atoms with Gasteiger partial charge in [0, 0.05) is 24.0 Å². The molecular weight excluding hydrogens is 428 g/mol. The van der Waals surface area contributed by atoms with Crippen LogP contribution < -0.4 is 10.6 Å². The van der Waals surface area contributed by atoms with Crippen molar-refractivity contribution in [2.24, 2.45) is 0 Å². The Hall–Kier alpha value is -2.72. The van der Waals surface area contributed by atoms with Gasteiger partial charge >= 0.3 is 0 Å². The summed E-state index contributed by atoms with van der Waals surface area (Å²) in [6.45, 7) is 3.83. The monoisotopic (exact) mass is 449 g/mol. The molecule has 0 bridgehead atoms. The fourth-order valence-corrected chi connectivity index (χ4v) is 5.74. The van der Waals surface area contributed by atoms with Crippen molar-refractivity contribution >= 4 is 34.5 Å². The number of hydrogen-bond donors (Lipinski definition) is 2. The third-order valence-corrected chi connectivity index (χ3v) is 7.53. The average Bonchev–Trinajstić information content (AvgIpc) is 3.22. The van der Waals surface area contributed by atoms with Crippen LogP contribution in [0.2, 0.25) is 0 Å². The fourth-order valence-electron chi connectivity index (χ4n) is 4.26. The van der Waals surface area contributed by atoms with Gasteiger partial charge in [-0.05, 0) is 55.6 Å². The molecule has 0 saturated carbocycles. The van der Waals surface area contributed by atoms with E-state index in [2.05, 4.69) is 10.6 Å². The number of carbonyl (C=O) groups is 3. The quantitative estimate of drug-likeness (QED) is 0.414. The topological polar surface area (TPSA) is 103 Å². The zero-order valence-corrected chi connectivity index (χ0v) is 17.8. The summed E-state index contributed by atoms with van der Waals surface area (Å²) in [7, 11) is 0. The maximum Gasteiger partial charge on any atom is 0.293 e. The Kier molecular flexibility index (Phi) is 5.38. The summed E-state index contributed by atoms with van der Waals surface area (Å²) in [6, 6.07) is 3.02. The predicted octanol–water partition coefficient (Wildman–Crippen LogP) is 2.09. The number of halogens is 2. The normalized spacial score (nSPS) is 21.9. The van der Waals surface area contributed by atoms with Gasteiger partial charge in [0.2, 0.25) is 0 Å². The maximum absolute atomic E-state index is 13.5. The van der Waals surface area contributed by atoms with Crippen molar-refractivity contribution in [3.8, 4) is 0 Å². The molecule has 2 aliphatic rings. The van der Waals surface area contributed by atoms with Crippen molar-refractivity contribution < 1.29 is 27.7 Å². The molecule has 2 amide bonds. The van der Waals surface area contributed by atoms with Crippen LogP contribution in [0.15, 0.2) is 18.2 Å². The summed E-state index contributed by atoms with van der Waals surface area (Å²) in [5, 5.41) is 5.19. The molecule has 164 valence electrons. The van der Waals surface area contributed by atoms with E-state index in [1.165, 1.54) is 6.07 Å². The van der Waals surface area contributed by atoms with E-state index in [1.807, 2.05) is 0 Å². The predicted molar refractivity (Wildman–Crippen MR) is 111 cm³/mol. The summed E-state index contributed by atoms with van der Waals surface area (Å²) in [6.07, 6.45) is 1.24. The summed E-state index contributed by atoms with van der Waals surface area (Å²) >= 11 is -0.998. The molecule has 2 aliphatic heterocycles. The average molecular weight is 449 g/mol. The van der Waals surface area contributed by atoms with Crippen molar-refractivity contribution in [2.45, 2.75) is 38.8 Å². The van der Waals surface area contributed by atoms with Gasteiger partial charge in [0.05, 0.1) is 5.56 Å². The third kappa shape index (κ3) is 3.85. The van der Waals surface area contributed by atoms with E-state index in [0.29, 0.717) is 42.1 Å². The van der Waals surface area contributed by atoms with E-state index < -0.39 is 45.9 Å². The zero-order chi connectivity index (χ0) is 22.5. The highest BCUT2D eigenvalue weighted by atomic mass is 32.2. The van der Waals surface area contributed by atoms with E-state index in [1.54, 1.807) is 18.4 Å². The van der Waals surface area contributed by atoms with Crippen LogP contribution in [-0.2, 0) is 28.9 Å². The SMILES string of the molecule is Cc1c(C(=O)C(=O)N[C@]2(C)C[S@+]([O-])C2)c2n(c1C(=O)Nc1ccc(F)c(F)c1)CCC2. The van der Waals surface area contributed by atoms with Crippen LogP contribution in [-0.4, -0.2) is 43.8 Å². The minimum Gasteiger partial charge on any atom is -0.616 e. The summed E-state index contributed by atoms with van der Waals surface area (Å²) in [5.74, 6) is -3.65. The molecule has 0 atom stereocenters. The largest absolute Gasteiger partial charge is 0.616 e. The van der Waals surface area contributed by atoms with E-state index in [4.69, 9.17) is 0 Å². The number of nitrogens with zero attached hydrogens (tertiary/aromatic N) is 1. The highest BCUT2D eigenvalue weighted by Crippen LogP contribution is 2.31. The Morgan fingerprint density at radius 2 is 1.90 bits per heavy atom. The van der Waals surface area contributed by atoms with Gasteiger partial charge in [-0.25, -0.2) is 8.78 Å². The first-order valence-corrected chi connectivity index (χ1v) is 11.3. The number of anilines is 1. The lowest BCUT2D eigenvalue weighted by Crippen LogP contribution is -2.64. The standard InChI is InChI=1S/C21H21F2N3O4S/c1-11-16(18(27)20(29)25-21(2)9-31(30)10-21)15-4-3-7-26(15)17(11)19(28)24-12-5-6-13(22)14(23)8-12/h5-6,8H,3-4,7,9-10H2,1-2H3,(H,24,28)(H,25,29)/t21-,31+. The lowest BCUT2D eigenvalue weighted by molar-refractivity contribution is -0.118.